The maximum absolute atomic E-state index is 3.37. The maximum atomic E-state index is 3.37. The molecule has 0 aliphatic carbocycles. The summed E-state index contributed by atoms with van der Waals surface area (Å²) in [6.45, 7) is 6.79. The second-order valence-corrected chi connectivity index (χ2v) is 7.08. The molecule has 1 atom stereocenters. The standard InChI is InChI=1S/C10H16INS/c1-10(2,3)9(12-4)7-5-8(11)13-6-7/h5-6,9,12H,1-4H3. The molecule has 0 spiro atoms. The Hall–Kier alpha value is 0.390. The minimum Gasteiger partial charge on any atom is -0.313 e. The van der Waals surface area contributed by atoms with Crippen LogP contribution in [0.15, 0.2) is 11.4 Å². The lowest BCUT2D eigenvalue weighted by molar-refractivity contribution is 0.287. The molecule has 74 valence electrons. The first-order valence-electron chi connectivity index (χ1n) is 4.36. The summed E-state index contributed by atoms with van der Waals surface area (Å²) in [4.78, 5) is 0. The van der Waals surface area contributed by atoms with Crippen molar-refractivity contribution in [3.05, 3.63) is 19.9 Å². The van der Waals surface area contributed by atoms with Gasteiger partial charge in [-0.05, 0) is 52.1 Å². The zero-order chi connectivity index (χ0) is 10.1. The summed E-state index contributed by atoms with van der Waals surface area (Å²) in [6, 6.07) is 2.71. The fraction of sp³-hybridized carbons (Fsp3) is 0.600. The Kier molecular flexibility index (Phi) is 3.77. The lowest BCUT2D eigenvalue weighted by Crippen LogP contribution is -2.29. The van der Waals surface area contributed by atoms with Gasteiger partial charge in [0, 0.05) is 6.04 Å². The Bertz CT molecular complexity index is 275. The first-order chi connectivity index (χ1) is 5.95. The van der Waals surface area contributed by atoms with E-state index in [9.17, 15) is 0 Å². The van der Waals surface area contributed by atoms with Gasteiger partial charge in [0.2, 0.25) is 0 Å². The number of hydrogen-bond acceptors (Lipinski definition) is 2. The summed E-state index contributed by atoms with van der Waals surface area (Å²) in [5.74, 6) is 0. The topological polar surface area (TPSA) is 12.0 Å². The van der Waals surface area contributed by atoms with Gasteiger partial charge in [-0.1, -0.05) is 20.8 Å². The van der Waals surface area contributed by atoms with Gasteiger partial charge in [0.05, 0.1) is 2.88 Å². The fourth-order valence-corrected chi connectivity index (χ4v) is 2.97. The van der Waals surface area contributed by atoms with Gasteiger partial charge in [-0.25, -0.2) is 0 Å². The third kappa shape index (κ3) is 2.92. The number of thiophene rings is 1. The van der Waals surface area contributed by atoms with E-state index in [0.29, 0.717) is 6.04 Å². The third-order valence-corrected chi connectivity index (χ3v) is 3.88. The Morgan fingerprint density at radius 2 is 2.08 bits per heavy atom. The van der Waals surface area contributed by atoms with Gasteiger partial charge in [-0.2, -0.15) is 0 Å². The minimum atomic E-state index is 0.277. The maximum Gasteiger partial charge on any atom is 0.0656 e. The van der Waals surface area contributed by atoms with Crippen molar-refractivity contribution in [2.75, 3.05) is 7.05 Å². The molecule has 13 heavy (non-hydrogen) atoms. The van der Waals surface area contributed by atoms with Crippen LogP contribution in [0, 0.1) is 8.30 Å². The van der Waals surface area contributed by atoms with Crippen molar-refractivity contribution in [2.24, 2.45) is 5.41 Å². The molecular formula is C10H16INS. The van der Waals surface area contributed by atoms with Gasteiger partial charge in [-0.3, -0.25) is 0 Å². The van der Waals surface area contributed by atoms with Crippen LogP contribution in [0.1, 0.15) is 32.4 Å². The summed E-state index contributed by atoms with van der Waals surface area (Å²) in [5, 5.41) is 5.62. The molecule has 0 bridgehead atoms. The molecule has 0 fully saturated rings. The monoisotopic (exact) mass is 309 g/mol. The minimum absolute atomic E-state index is 0.277. The van der Waals surface area contributed by atoms with Gasteiger partial charge in [-0.15, -0.1) is 11.3 Å². The quantitative estimate of drug-likeness (QED) is 0.822. The molecule has 0 radical (unpaired) electrons. The van der Waals surface area contributed by atoms with E-state index >= 15 is 0 Å². The molecule has 0 saturated carbocycles. The average Bonchev–Trinajstić information content (AvgIpc) is 2.34. The lowest BCUT2D eigenvalue weighted by atomic mass is 9.83. The molecular weight excluding hydrogens is 293 g/mol. The van der Waals surface area contributed by atoms with Crippen molar-refractivity contribution in [1.29, 1.82) is 0 Å². The highest BCUT2D eigenvalue weighted by atomic mass is 127. The first-order valence-corrected chi connectivity index (χ1v) is 6.32. The summed E-state index contributed by atoms with van der Waals surface area (Å²) in [7, 11) is 2.03. The Balaban J connectivity index is 2.91. The van der Waals surface area contributed by atoms with E-state index < -0.39 is 0 Å². The van der Waals surface area contributed by atoms with E-state index in [1.165, 1.54) is 8.45 Å². The molecule has 0 aliphatic heterocycles. The fourth-order valence-electron chi connectivity index (χ4n) is 1.57. The summed E-state index contributed by atoms with van der Waals surface area (Å²) < 4.78 is 1.36. The molecule has 1 unspecified atom stereocenters. The van der Waals surface area contributed by atoms with Gasteiger partial charge in [0.15, 0.2) is 0 Å². The van der Waals surface area contributed by atoms with Crippen molar-refractivity contribution >= 4 is 33.9 Å². The van der Waals surface area contributed by atoms with Crippen LogP contribution in [0.2, 0.25) is 0 Å². The van der Waals surface area contributed by atoms with Gasteiger partial charge >= 0.3 is 0 Å². The number of hydrogen-bond donors (Lipinski definition) is 1. The molecule has 0 amide bonds. The smallest absolute Gasteiger partial charge is 0.0656 e. The highest BCUT2D eigenvalue weighted by Gasteiger charge is 2.25. The van der Waals surface area contributed by atoms with Gasteiger partial charge < -0.3 is 5.32 Å². The average molecular weight is 309 g/mol. The van der Waals surface area contributed by atoms with Crippen LogP contribution in [0.4, 0.5) is 0 Å². The second kappa shape index (κ2) is 4.28. The van der Waals surface area contributed by atoms with Gasteiger partial charge in [0.25, 0.3) is 0 Å². The molecule has 0 aliphatic rings. The normalized spacial score (nSPS) is 14.5. The molecule has 1 aromatic rings. The predicted molar refractivity (Wildman–Crippen MR) is 68.3 cm³/mol. The van der Waals surface area contributed by atoms with Crippen LogP contribution in [-0.4, -0.2) is 7.05 Å². The molecule has 1 nitrogen and oxygen atoms in total. The van der Waals surface area contributed by atoms with E-state index in [2.05, 4.69) is 60.1 Å². The van der Waals surface area contributed by atoms with Crippen molar-refractivity contribution in [1.82, 2.24) is 5.32 Å². The van der Waals surface area contributed by atoms with Crippen molar-refractivity contribution in [3.63, 3.8) is 0 Å². The zero-order valence-electron chi connectivity index (χ0n) is 8.52. The highest BCUT2D eigenvalue weighted by Crippen LogP contribution is 2.34. The highest BCUT2D eigenvalue weighted by molar-refractivity contribution is 14.1. The summed E-state index contributed by atoms with van der Waals surface area (Å²) >= 11 is 4.18. The molecule has 1 heterocycles. The van der Waals surface area contributed by atoms with E-state index in [1.54, 1.807) is 0 Å². The zero-order valence-corrected chi connectivity index (χ0v) is 11.5. The van der Waals surface area contributed by atoms with E-state index in [0.717, 1.165) is 0 Å². The lowest BCUT2D eigenvalue weighted by Gasteiger charge is -2.29. The largest absolute Gasteiger partial charge is 0.313 e. The Morgan fingerprint density at radius 3 is 2.38 bits per heavy atom. The first kappa shape index (κ1) is 11.5. The van der Waals surface area contributed by atoms with Crippen LogP contribution in [0.3, 0.4) is 0 Å². The Morgan fingerprint density at radius 1 is 1.46 bits per heavy atom. The molecule has 0 saturated heterocycles. The predicted octanol–water partition coefficient (Wildman–Crippen LogP) is 3.66. The van der Waals surface area contributed by atoms with Gasteiger partial charge in [0.1, 0.15) is 0 Å². The number of halogens is 1. The molecule has 1 aromatic heterocycles. The van der Waals surface area contributed by atoms with E-state index in [1.807, 2.05) is 18.4 Å². The summed E-state index contributed by atoms with van der Waals surface area (Å²) in [6.07, 6.45) is 0. The summed E-state index contributed by atoms with van der Waals surface area (Å²) in [5.41, 5.74) is 1.68. The van der Waals surface area contributed by atoms with E-state index in [4.69, 9.17) is 0 Å². The van der Waals surface area contributed by atoms with Crippen LogP contribution in [0.25, 0.3) is 0 Å². The van der Waals surface area contributed by atoms with E-state index in [-0.39, 0.29) is 5.41 Å². The molecule has 0 aromatic carbocycles. The third-order valence-electron chi connectivity index (χ3n) is 2.08. The van der Waals surface area contributed by atoms with Crippen molar-refractivity contribution in [3.8, 4) is 0 Å². The number of nitrogens with one attached hydrogen (secondary N) is 1. The van der Waals surface area contributed by atoms with Crippen LogP contribution >= 0.6 is 33.9 Å². The number of rotatable bonds is 2. The second-order valence-electron chi connectivity index (χ2n) is 4.27. The SMILES string of the molecule is CNC(c1csc(I)c1)C(C)(C)C. The molecule has 3 heteroatoms. The van der Waals surface area contributed by atoms with Crippen LogP contribution in [0.5, 0.6) is 0 Å². The van der Waals surface area contributed by atoms with Crippen molar-refractivity contribution in [2.45, 2.75) is 26.8 Å². The Labute approximate surface area is 98.1 Å². The van der Waals surface area contributed by atoms with Crippen LogP contribution in [-0.2, 0) is 0 Å². The van der Waals surface area contributed by atoms with Crippen molar-refractivity contribution < 1.29 is 0 Å². The molecule has 1 N–H and O–H groups in total. The molecule has 1 rings (SSSR count). The van der Waals surface area contributed by atoms with Crippen LogP contribution < -0.4 is 5.32 Å².